The summed E-state index contributed by atoms with van der Waals surface area (Å²) in [6, 6.07) is 3.27. The molecule has 0 saturated carbocycles. The number of carbonyl (C=O) groups excluding carboxylic acids is 2. The Labute approximate surface area is 130 Å². The van der Waals surface area contributed by atoms with Gasteiger partial charge in [0, 0.05) is 20.3 Å². The van der Waals surface area contributed by atoms with Gasteiger partial charge in [0.1, 0.15) is 0 Å². The molecule has 2 N–H and O–H groups in total. The van der Waals surface area contributed by atoms with Gasteiger partial charge in [-0.25, -0.2) is 9.59 Å². The molecule has 0 bridgehead atoms. The molecule has 1 atom stereocenters. The number of hydrogen-bond donors (Lipinski definition) is 2. The number of urea groups is 1. The molecule has 6 nitrogen and oxygen atoms in total. The molecule has 6 heteroatoms. The number of carbonyl (C=O) groups is 2. The van der Waals surface area contributed by atoms with Crippen LogP contribution in [0.3, 0.4) is 0 Å². The molecule has 1 aromatic rings. The quantitative estimate of drug-likeness (QED) is 0.836. The lowest BCUT2D eigenvalue weighted by Crippen LogP contribution is -2.38. The normalized spacial score (nSPS) is 16.7. The van der Waals surface area contributed by atoms with Crippen LogP contribution in [0.15, 0.2) is 24.4 Å². The Balaban J connectivity index is 2.51. The van der Waals surface area contributed by atoms with Crippen LogP contribution in [-0.2, 0) is 4.74 Å². The summed E-state index contributed by atoms with van der Waals surface area (Å²) >= 11 is 0. The molecule has 1 unspecified atom stereocenters. The maximum absolute atomic E-state index is 12.3. The minimum absolute atomic E-state index is 0.263. The lowest BCUT2D eigenvalue weighted by molar-refractivity contribution is 0.0526. The van der Waals surface area contributed by atoms with Crippen LogP contribution in [0, 0.1) is 6.92 Å². The van der Waals surface area contributed by atoms with E-state index in [9.17, 15) is 9.59 Å². The average molecular weight is 303 g/mol. The number of nitrogens with zero attached hydrogens (tertiary/aromatic N) is 1. The Morgan fingerprint density at radius 2 is 2.09 bits per heavy atom. The van der Waals surface area contributed by atoms with Crippen molar-refractivity contribution in [3.05, 3.63) is 41.1 Å². The standard InChI is InChI=1S/C16H21N3O3/c1-5-22-15(20)14-10(2)11(6-7-13(14)19(3)4)12-8-9-17-16(21)18-12/h6-9,12H,5H2,1-4H3,(H2,17,18,21). The van der Waals surface area contributed by atoms with Gasteiger partial charge in [0.05, 0.1) is 23.9 Å². The third-order valence-electron chi connectivity index (χ3n) is 3.57. The highest BCUT2D eigenvalue weighted by atomic mass is 16.5. The zero-order valence-electron chi connectivity index (χ0n) is 13.3. The average Bonchev–Trinajstić information content (AvgIpc) is 2.46. The van der Waals surface area contributed by atoms with E-state index in [0.717, 1.165) is 16.8 Å². The van der Waals surface area contributed by atoms with Gasteiger partial charge in [0.2, 0.25) is 0 Å². The summed E-state index contributed by atoms with van der Waals surface area (Å²) in [4.78, 5) is 25.7. The van der Waals surface area contributed by atoms with Crippen molar-refractivity contribution >= 4 is 17.7 Å². The molecule has 0 aliphatic carbocycles. The predicted octanol–water partition coefficient (Wildman–Crippen LogP) is 2.11. The maximum Gasteiger partial charge on any atom is 0.340 e. The van der Waals surface area contributed by atoms with E-state index in [0.29, 0.717) is 12.2 Å². The highest BCUT2D eigenvalue weighted by Crippen LogP contribution is 2.30. The largest absolute Gasteiger partial charge is 0.462 e. The fraction of sp³-hybridized carbons (Fsp3) is 0.375. The lowest BCUT2D eigenvalue weighted by Gasteiger charge is -2.25. The fourth-order valence-corrected chi connectivity index (χ4v) is 2.52. The lowest BCUT2D eigenvalue weighted by atomic mass is 9.94. The van der Waals surface area contributed by atoms with Gasteiger partial charge in [-0.05, 0) is 37.1 Å². The minimum atomic E-state index is -0.352. The van der Waals surface area contributed by atoms with E-state index in [4.69, 9.17) is 4.74 Å². The van der Waals surface area contributed by atoms with E-state index in [-0.39, 0.29) is 18.0 Å². The second-order valence-electron chi connectivity index (χ2n) is 5.24. The number of amides is 2. The van der Waals surface area contributed by atoms with Crippen LogP contribution in [0.4, 0.5) is 10.5 Å². The Bertz CT molecular complexity index is 623. The van der Waals surface area contributed by atoms with Gasteiger partial charge in [0.15, 0.2) is 0 Å². The first-order valence-corrected chi connectivity index (χ1v) is 7.17. The van der Waals surface area contributed by atoms with E-state index < -0.39 is 0 Å². The summed E-state index contributed by atoms with van der Waals surface area (Å²) in [5.41, 5.74) is 3.01. The molecule has 0 aromatic heterocycles. The van der Waals surface area contributed by atoms with Crippen molar-refractivity contribution in [3.8, 4) is 0 Å². The number of ether oxygens (including phenoxy) is 1. The Morgan fingerprint density at radius 3 is 2.68 bits per heavy atom. The predicted molar refractivity (Wildman–Crippen MR) is 85.0 cm³/mol. The van der Waals surface area contributed by atoms with Crippen molar-refractivity contribution in [3.63, 3.8) is 0 Å². The van der Waals surface area contributed by atoms with Gasteiger partial charge in [-0.3, -0.25) is 0 Å². The molecule has 1 aromatic carbocycles. The molecule has 1 aliphatic rings. The van der Waals surface area contributed by atoms with Gasteiger partial charge in [-0.1, -0.05) is 6.07 Å². The van der Waals surface area contributed by atoms with Crippen LogP contribution in [-0.4, -0.2) is 32.7 Å². The number of esters is 1. The van der Waals surface area contributed by atoms with Crippen molar-refractivity contribution in [2.75, 3.05) is 25.6 Å². The molecule has 2 rings (SSSR count). The smallest absolute Gasteiger partial charge is 0.340 e. The van der Waals surface area contributed by atoms with Crippen molar-refractivity contribution in [1.29, 1.82) is 0 Å². The highest BCUT2D eigenvalue weighted by molar-refractivity contribution is 5.98. The topological polar surface area (TPSA) is 70.7 Å². The molecule has 0 saturated heterocycles. The van der Waals surface area contributed by atoms with Gasteiger partial charge in [-0.2, -0.15) is 0 Å². The van der Waals surface area contributed by atoms with Crippen molar-refractivity contribution in [2.45, 2.75) is 19.9 Å². The number of benzene rings is 1. The molecule has 22 heavy (non-hydrogen) atoms. The van der Waals surface area contributed by atoms with E-state index in [2.05, 4.69) is 10.6 Å². The van der Waals surface area contributed by atoms with Crippen molar-refractivity contribution in [1.82, 2.24) is 10.6 Å². The summed E-state index contributed by atoms with van der Waals surface area (Å²) in [6.07, 6.45) is 3.45. The number of hydrogen-bond acceptors (Lipinski definition) is 4. The second kappa shape index (κ2) is 6.51. The second-order valence-corrected chi connectivity index (χ2v) is 5.24. The third kappa shape index (κ3) is 3.05. The molecule has 0 fully saturated rings. The van der Waals surface area contributed by atoms with Crippen molar-refractivity contribution < 1.29 is 14.3 Å². The number of anilines is 1. The first-order chi connectivity index (χ1) is 10.5. The van der Waals surface area contributed by atoms with E-state index in [1.165, 1.54) is 0 Å². The summed E-state index contributed by atoms with van der Waals surface area (Å²) in [7, 11) is 3.76. The summed E-state index contributed by atoms with van der Waals surface area (Å²) in [6.45, 7) is 3.97. The first kappa shape index (κ1) is 15.9. The first-order valence-electron chi connectivity index (χ1n) is 7.17. The van der Waals surface area contributed by atoms with Crippen LogP contribution in [0.5, 0.6) is 0 Å². The molecule has 0 radical (unpaired) electrons. The molecule has 1 aliphatic heterocycles. The SMILES string of the molecule is CCOC(=O)c1c(N(C)C)ccc(C2C=CNC(=O)N2)c1C. The fourth-order valence-electron chi connectivity index (χ4n) is 2.52. The molecular formula is C16H21N3O3. The summed E-state index contributed by atoms with van der Waals surface area (Å²) < 4.78 is 5.18. The van der Waals surface area contributed by atoms with E-state index in [1.807, 2.05) is 44.1 Å². The monoisotopic (exact) mass is 303 g/mol. The molecule has 2 amide bonds. The van der Waals surface area contributed by atoms with Crippen molar-refractivity contribution in [2.24, 2.45) is 0 Å². The zero-order chi connectivity index (χ0) is 16.3. The van der Waals surface area contributed by atoms with Crippen LogP contribution in [0.2, 0.25) is 0 Å². The van der Waals surface area contributed by atoms with Gasteiger partial charge in [0.25, 0.3) is 0 Å². The van der Waals surface area contributed by atoms with Gasteiger partial charge >= 0.3 is 12.0 Å². The van der Waals surface area contributed by atoms with Crippen LogP contribution in [0.1, 0.15) is 34.5 Å². The Kier molecular flexibility index (Phi) is 4.70. The highest BCUT2D eigenvalue weighted by Gasteiger charge is 2.24. The number of rotatable bonds is 4. The van der Waals surface area contributed by atoms with Gasteiger partial charge in [-0.15, -0.1) is 0 Å². The third-order valence-corrected chi connectivity index (χ3v) is 3.57. The van der Waals surface area contributed by atoms with E-state index in [1.54, 1.807) is 13.1 Å². The Morgan fingerprint density at radius 1 is 1.36 bits per heavy atom. The summed E-state index contributed by atoms with van der Waals surface area (Å²) in [5.74, 6) is -0.352. The van der Waals surface area contributed by atoms with E-state index >= 15 is 0 Å². The Hall–Kier alpha value is -2.50. The minimum Gasteiger partial charge on any atom is -0.462 e. The van der Waals surface area contributed by atoms with Crippen LogP contribution >= 0.6 is 0 Å². The maximum atomic E-state index is 12.3. The number of nitrogens with one attached hydrogen (secondary N) is 2. The van der Waals surface area contributed by atoms with Crippen LogP contribution in [0.25, 0.3) is 0 Å². The molecule has 118 valence electrons. The van der Waals surface area contributed by atoms with Gasteiger partial charge < -0.3 is 20.3 Å². The van der Waals surface area contributed by atoms with Crippen LogP contribution < -0.4 is 15.5 Å². The summed E-state index contributed by atoms with van der Waals surface area (Å²) in [5, 5.41) is 5.38. The zero-order valence-corrected chi connectivity index (χ0v) is 13.3. The molecule has 0 spiro atoms. The molecular weight excluding hydrogens is 282 g/mol. The molecule has 1 heterocycles.